The molecule has 144 valence electrons. The van der Waals surface area contributed by atoms with E-state index < -0.39 is 0 Å². The molecule has 2 N–H and O–H groups in total. The van der Waals surface area contributed by atoms with Crippen LogP contribution in [-0.2, 0) is 17.7 Å². The first-order chi connectivity index (χ1) is 12.3. The van der Waals surface area contributed by atoms with Gasteiger partial charge in [-0.3, -0.25) is 0 Å². The summed E-state index contributed by atoms with van der Waals surface area (Å²) in [6.07, 6.45) is 3.49. The highest BCUT2D eigenvalue weighted by Gasteiger charge is 2.01. The number of hydrogen-bond acceptors (Lipinski definition) is 3. The maximum absolute atomic E-state index is 5.37. The second kappa shape index (κ2) is 13.6. The van der Waals surface area contributed by atoms with Crippen molar-refractivity contribution in [2.75, 3.05) is 26.3 Å². The molecule has 5 nitrogen and oxygen atoms in total. The molecule has 0 bridgehead atoms. The molecule has 1 aromatic carbocycles. The largest absolute Gasteiger partial charge is 0.469 e. The lowest BCUT2D eigenvalue weighted by Gasteiger charge is -2.12. The number of nitrogens with one attached hydrogen (secondary N) is 2. The Balaban J connectivity index is 0.00000338. The fourth-order valence-electron chi connectivity index (χ4n) is 2.32. The molecule has 0 amide bonds. The number of hydrogen-bond donors (Lipinski definition) is 2. The zero-order valence-electron chi connectivity index (χ0n) is 15.7. The molecule has 2 aromatic rings. The molecule has 0 fully saturated rings. The Kier molecular flexibility index (Phi) is 11.8. The molecule has 0 aliphatic carbocycles. The van der Waals surface area contributed by atoms with Crippen LogP contribution in [-0.4, -0.2) is 32.3 Å². The molecule has 2 rings (SSSR count). The van der Waals surface area contributed by atoms with Crippen LogP contribution >= 0.6 is 24.0 Å². The predicted octanol–water partition coefficient (Wildman–Crippen LogP) is 3.91. The highest BCUT2D eigenvalue weighted by atomic mass is 127. The summed E-state index contributed by atoms with van der Waals surface area (Å²) in [5.74, 6) is 1.80. The smallest absolute Gasteiger partial charge is 0.191 e. The first-order valence-corrected chi connectivity index (χ1v) is 8.96. The number of halogens is 1. The molecule has 26 heavy (non-hydrogen) atoms. The minimum absolute atomic E-state index is 0. The lowest BCUT2D eigenvalue weighted by Crippen LogP contribution is -2.39. The molecule has 1 aromatic heterocycles. The van der Waals surface area contributed by atoms with Crippen LogP contribution in [0.4, 0.5) is 0 Å². The minimum Gasteiger partial charge on any atom is -0.469 e. The molecule has 6 heteroatoms. The van der Waals surface area contributed by atoms with Crippen molar-refractivity contribution < 1.29 is 9.15 Å². The van der Waals surface area contributed by atoms with Crippen LogP contribution in [0.3, 0.4) is 0 Å². The average molecular weight is 471 g/mol. The average Bonchev–Trinajstić information content (AvgIpc) is 3.13. The number of rotatable bonds is 10. The van der Waals surface area contributed by atoms with Crippen LogP contribution in [0.5, 0.6) is 0 Å². The van der Waals surface area contributed by atoms with Crippen molar-refractivity contribution in [1.29, 1.82) is 0 Å². The second-order valence-corrected chi connectivity index (χ2v) is 5.88. The third kappa shape index (κ3) is 9.24. The number of nitrogens with zero attached hydrogens (tertiary/aromatic N) is 1. The fourth-order valence-corrected chi connectivity index (χ4v) is 2.32. The zero-order chi connectivity index (χ0) is 17.7. The minimum atomic E-state index is 0. The Morgan fingerprint density at radius 3 is 2.58 bits per heavy atom. The molecule has 0 aliphatic heterocycles. The van der Waals surface area contributed by atoms with Gasteiger partial charge in [0.25, 0.3) is 0 Å². The summed E-state index contributed by atoms with van der Waals surface area (Å²) in [7, 11) is 0. The molecule has 0 unspecified atom stereocenters. The van der Waals surface area contributed by atoms with E-state index in [-0.39, 0.29) is 24.0 Å². The van der Waals surface area contributed by atoms with Crippen LogP contribution in [0, 0.1) is 6.92 Å². The van der Waals surface area contributed by atoms with Crippen molar-refractivity contribution in [3.63, 3.8) is 0 Å². The van der Waals surface area contributed by atoms with Gasteiger partial charge in [0.05, 0.1) is 12.8 Å². The lowest BCUT2D eigenvalue weighted by atomic mass is 10.1. The van der Waals surface area contributed by atoms with Crippen molar-refractivity contribution in [2.45, 2.75) is 33.2 Å². The van der Waals surface area contributed by atoms with Gasteiger partial charge in [0.15, 0.2) is 5.96 Å². The van der Waals surface area contributed by atoms with Crippen LogP contribution in [0.15, 0.2) is 52.1 Å². The Morgan fingerprint density at radius 1 is 1.12 bits per heavy atom. The van der Waals surface area contributed by atoms with Gasteiger partial charge in [-0.15, -0.1) is 24.0 Å². The van der Waals surface area contributed by atoms with Crippen molar-refractivity contribution in [3.8, 4) is 0 Å². The topological polar surface area (TPSA) is 58.8 Å². The van der Waals surface area contributed by atoms with Gasteiger partial charge in [-0.25, -0.2) is 4.99 Å². The Morgan fingerprint density at radius 2 is 1.88 bits per heavy atom. The maximum atomic E-state index is 5.37. The summed E-state index contributed by atoms with van der Waals surface area (Å²) in [6.45, 7) is 7.89. The van der Waals surface area contributed by atoms with Crippen molar-refractivity contribution >= 4 is 29.9 Å². The van der Waals surface area contributed by atoms with Gasteiger partial charge in [0.2, 0.25) is 0 Å². The third-order valence-corrected chi connectivity index (χ3v) is 3.75. The number of furan rings is 1. The van der Waals surface area contributed by atoms with Crippen molar-refractivity contribution in [3.05, 3.63) is 59.5 Å². The summed E-state index contributed by atoms with van der Waals surface area (Å²) in [5, 5.41) is 6.74. The highest BCUT2D eigenvalue weighted by molar-refractivity contribution is 14.0. The van der Waals surface area contributed by atoms with E-state index in [1.165, 1.54) is 11.1 Å². The standard InChI is InChI=1S/C20H29N3O2.HI/c1-3-24-14-5-12-21-20(22-13-11-19-6-4-15-25-19)23-16-18-9-7-17(2)8-10-18;/h4,6-10,15H,3,5,11-14,16H2,1-2H3,(H2,21,22,23);1H. The Hall–Kier alpha value is -1.54. The van der Waals surface area contributed by atoms with Gasteiger partial charge in [0, 0.05) is 32.7 Å². The van der Waals surface area contributed by atoms with E-state index in [0.717, 1.165) is 50.9 Å². The zero-order valence-corrected chi connectivity index (χ0v) is 18.0. The van der Waals surface area contributed by atoms with Gasteiger partial charge in [-0.1, -0.05) is 29.8 Å². The van der Waals surface area contributed by atoms with Crippen molar-refractivity contribution in [1.82, 2.24) is 10.6 Å². The molecule has 0 saturated carbocycles. The number of aliphatic imine (C=N–C) groups is 1. The molecular formula is C20H30IN3O2. The summed E-state index contributed by atoms with van der Waals surface area (Å²) in [6, 6.07) is 12.4. The van der Waals surface area contributed by atoms with Crippen LogP contribution < -0.4 is 10.6 Å². The predicted molar refractivity (Wildman–Crippen MR) is 117 cm³/mol. The Labute approximate surface area is 173 Å². The summed E-state index contributed by atoms with van der Waals surface area (Å²) in [5.41, 5.74) is 2.46. The van der Waals surface area contributed by atoms with Crippen LogP contribution in [0.25, 0.3) is 0 Å². The third-order valence-electron chi connectivity index (χ3n) is 3.75. The van der Waals surface area contributed by atoms with Gasteiger partial charge in [-0.05, 0) is 38.0 Å². The number of ether oxygens (including phenoxy) is 1. The van der Waals surface area contributed by atoms with E-state index in [9.17, 15) is 0 Å². The molecule has 0 spiro atoms. The summed E-state index contributed by atoms with van der Waals surface area (Å²) in [4.78, 5) is 4.68. The molecule has 0 atom stereocenters. The van der Waals surface area contributed by atoms with Gasteiger partial charge in [-0.2, -0.15) is 0 Å². The maximum Gasteiger partial charge on any atom is 0.191 e. The van der Waals surface area contributed by atoms with Crippen molar-refractivity contribution in [2.24, 2.45) is 4.99 Å². The molecule has 0 aliphatic rings. The second-order valence-electron chi connectivity index (χ2n) is 5.88. The first kappa shape index (κ1) is 22.5. The SMILES string of the molecule is CCOCCCNC(=NCc1ccc(C)cc1)NCCc1ccco1.I. The molecule has 0 radical (unpaired) electrons. The van der Waals surface area contributed by atoms with Gasteiger partial charge in [0.1, 0.15) is 5.76 Å². The fraction of sp³-hybridized carbons (Fsp3) is 0.450. The first-order valence-electron chi connectivity index (χ1n) is 8.96. The molecular weight excluding hydrogens is 441 g/mol. The monoisotopic (exact) mass is 471 g/mol. The van der Waals surface area contributed by atoms with E-state index >= 15 is 0 Å². The van der Waals surface area contributed by atoms with E-state index in [1.807, 2.05) is 19.1 Å². The molecule has 0 saturated heterocycles. The lowest BCUT2D eigenvalue weighted by molar-refractivity contribution is 0.145. The van der Waals surface area contributed by atoms with E-state index in [4.69, 9.17) is 9.15 Å². The quantitative estimate of drug-likeness (QED) is 0.239. The van der Waals surface area contributed by atoms with Gasteiger partial charge >= 0.3 is 0 Å². The van der Waals surface area contributed by atoms with Crippen LogP contribution in [0.2, 0.25) is 0 Å². The van der Waals surface area contributed by atoms with E-state index in [1.54, 1.807) is 6.26 Å². The molecule has 1 heterocycles. The highest BCUT2D eigenvalue weighted by Crippen LogP contribution is 2.04. The van der Waals surface area contributed by atoms with E-state index in [2.05, 4.69) is 46.8 Å². The van der Waals surface area contributed by atoms with E-state index in [0.29, 0.717) is 6.54 Å². The normalized spacial score (nSPS) is 11.1. The summed E-state index contributed by atoms with van der Waals surface area (Å²) < 4.78 is 10.7. The van der Waals surface area contributed by atoms with Crippen LogP contribution in [0.1, 0.15) is 30.2 Å². The number of benzene rings is 1. The summed E-state index contributed by atoms with van der Waals surface area (Å²) >= 11 is 0. The number of aryl methyl sites for hydroxylation is 1. The number of guanidine groups is 1. The van der Waals surface area contributed by atoms with Gasteiger partial charge < -0.3 is 19.8 Å². The Bertz CT molecular complexity index is 612.